The molecule has 1 aliphatic rings. The number of nitrogens with zero attached hydrogens (tertiary/aromatic N) is 5. The van der Waals surface area contributed by atoms with Gasteiger partial charge in [-0.15, -0.1) is 0 Å². The van der Waals surface area contributed by atoms with E-state index in [1.54, 1.807) is 34.8 Å². The number of ether oxygens (including phenoxy) is 1. The Hall–Kier alpha value is -3.20. The first-order valence-corrected chi connectivity index (χ1v) is 19.5. The number of rotatable bonds is 11. The third-order valence-corrected chi connectivity index (χ3v) is 9.93. The zero-order valence-corrected chi connectivity index (χ0v) is 26.5. The normalized spacial score (nSPS) is 18.4. The third-order valence-electron chi connectivity index (χ3n) is 7.60. The highest BCUT2D eigenvalue weighted by molar-refractivity contribution is 7.86. The van der Waals surface area contributed by atoms with Crippen LogP contribution in [0.15, 0.2) is 30.6 Å². The fourth-order valence-electron chi connectivity index (χ4n) is 5.13. The summed E-state index contributed by atoms with van der Waals surface area (Å²) in [5, 5.41) is 8.33. The molecule has 1 aliphatic carbocycles. The minimum Gasteiger partial charge on any atom is -0.361 e. The number of benzene rings is 1. The third kappa shape index (κ3) is 6.71. The van der Waals surface area contributed by atoms with Gasteiger partial charge in [-0.3, -0.25) is 13.7 Å². The molecule has 11 nitrogen and oxygen atoms in total. The molecule has 3 aromatic heterocycles. The summed E-state index contributed by atoms with van der Waals surface area (Å²) in [6.45, 7) is 9.57. The lowest BCUT2D eigenvalue weighted by molar-refractivity contribution is 0.0506. The van der Waals surface area contributed by atoms with Crippen LogP contribution in [0.2, 0.25) is 25.7 Å². The predicted octanol–water partition coefficient (Wildman–Crippen LogP) is 4.31. The van der Waals surface area contributed by atoms with Crippen LogP contribution in [0, 0.1) is 11.7 Å². The zero-order chi connectivity index (χ0) is 30.4. The van der Waals surface area contributed by atoms with Crippen LogP contribution >= 0.6 is 0 Å². The Morgan fingerprint density at radius 3 is 2.69 bits per heavy atom. The van der Waals surface area contributed by atoms with Crippen molar-refractivity contribution in [3.63, 3.8) is 0 Å². The fraction of sp³-hybridized carbons (Fsp3) is 0.500. The topological polar surface area (TPSA) is 130 Å². The first kappa shape index (κ1) is 30.3. The van der Waals surface area contributed by atoms with E-state index >= 15 is 0 Å². The van der Waals surface area contributed by atoms with Gasteiger partial charge in [-0.2, -0.15) is 13.5 Å². The molecule has 1 unspecified atom stereocenters. The van der Waals surface area contributed by atoms with E-state index in [9.17, 15) is 17.6 Å². The summed E-state index contributed by atoms with van der Waals surface area (Å²) in [4.78, 5) is 23.1. The standard InChI is InChI=1S/C28H37FN6O5SSi/c1-17(18-11-20(12-18)40-41(3,37)38)31-28(36)22-15-35(16-39-9-10-42(4,5)6)27-26(22)32-23(14-30-27)25-21-8-7-19(29)13-24(21)34(2)33-25/h7-8,13-15,17-18,20H,9-12,16H2,1-6H3,(H,31,36). The van der Waals surface area contributed by atoms with Crippen LogP contribution in [0.3, 0.4) is 0 Å². The Balaban J connectivity index is 1.43. The number of aryl methyl sites for hydroxylation is 1. The largest absolute Gasteiger partial charge is 0.361 e. The van der Waals surface area contributed by atoms with Gasteiger partial charge >= 0.3 is 0 Å². The number of amides is 1. The minimum absolute atomic E-state index is 0.0841. The van der Waals surface area contributed by atoms with Crippen molar-refractivity contribution < 1.29 is 26.5 Å². The first-order chi connectivity index (χ1) is 19.7. The summed E-state index contributed by atoms with van der Waals surface area (Å²) in [5.41, 5.74) is 2.85. The fourth-order valence-corrected chi connectivity index (χ4v) is 6.54. The van der Waals surface area contributed by atoms with E-state index in [0.717, 1.165) is 17.7 Å². The van der Waals surface area contributed by atoms with Gasteiger partial charge in [-0.25, -0.2) is 14.4 Å². The monoisotopic (exact) mass is 616 g/mol. The van der Waals surface area contributed by atoms with Crippen LogP contribution in [0.5, 0.6) is 0 Å². The molecule has 3 heterocycles. The number of halogens is 1. The van der Waals surface area contributed by atoms with Gasteiger partial charge in [0.05, 0.1) is 29.6 Å². The van der Waals surface area contributed by atoms with Crippen molar-refractivity contribution in [3.8, 4) is 11.4 Å². The van der Waals surface area contributed by atoms with Gasteiger partial charge in [0.1, 0.15) is 29.5 Å². The maximum Gasteiger partial charge on any atom is 0.264 e. The lowest BCUT2D eigenvalue weighted by atomic mass is 9.78. The van der Waals surface area contributed by atoms with Gasteiger partial charge in [0, 0.05) is 39.4 Å². The summed E-state index contributed by atoms with van der Waals surface area (Å²) in [6, 6.07) is 5.24. The summed E-state index contributed by atoms with van der Waals surface area (Å²) >= 11 is 0. The number of hydrogen-bond donors (Lipinski definition) is 1. The molecular weight excluding hydrogens is 579 g/mol. The molecule has 0 radical (unpaired) electrons. The zero-order valence-electron chi connectivity index (χ0n) is 24.7. The van der Waals surface area contributed by atoms with Crippen molar-refractivity contribution in [2.45, 2.75) is 64.3 Å². The molecular formula is C28H37FN6O5SSi. The van der Waals surface area contributed by atoms with Crippen molar-refractivity contribution in [2.24, 2.45) is 13.0 Å². The molecule has 1 saturated carbocycles. The van der Waals surface area contributed by atoms with E-state index in [0.29, 0.717) is 53.1 Å². The Bertz CT molecular complexity index is 1740. The Kier molecular flexibility index (Phi) is 8.26. The van der Waals surface area contributed by atoms with Crippen LogP contribution < -0.4 is 5.32 Å². The first-order valence-electron chi connectivity index (χ1n) is 13.9. The van der Waals surface area contributed by atoms with Crippen molar-refractivity contribution in [3.05, 3.63) is 42.0 Å². The van der Waals surface area contributed by atoms with E-state index in [1.807, 2.05) is 6.92 Å². The van der Waals surface area contributed by atoms with Crippen LogP contribution in [0.25, 0.3) is 33.5 Å². The predicted molar refractivity (Wildman–Crippen MR) is 161 cm³/mol. The van der Waals surface area contributed by atoms with Crippen LogP contribution in [0.4, 0.5) is 4.39 Å². The molecule has 1 fully saturated rings. The summed E-state index contributed by atoms with van der Waals surface area (Å²) in [7, 11) is -3.06. The SMILES string of the molecule is CC(NC(=O)c1cn(COCC[Si](C)(C)C)c2ncc(-c3nn(C)c4cc(F)ccc34)nc12)C1CC(OS(C)(=O)=O)C1. The maximum atomic E-state index is 13.9. The van der Waals surface area contributed by atoms with E-state index in [4.69, 9.17) is 13.9 Å². The molecule has 0 aliphatic heterocycles. The average Bonchev–Trinajstić information content (AvgIpc) is 3.39. The van der Waals surface area contributed by atoms with E-state index < -0.39 is 18.2 Å². The molecule has 1 aromatic carbocycles. The lowest BCUT2D eigenvalue weighted by Crippen LogP contribution is -2.46. The molecule has 1 N–H and O–H groups in total. The smallest absolute Gasteiger partial charge is 0.264 e. The van der Waals surface area contributed by atoms with Crippen molar-refractivity contribution in [2.75, 3.05) is 12.9 Å². The Morgan fingerprint density at radius 1 is 1.26 bits per heavy atom. The second-order valence-electron chi connectivity index (χ2n) is 12.3. The van der Waals surface area contributed by atoms with E-state index in [2.05, 4.69) is 35.0 Å². The van der Waals surface area contributed by atoms with Crippen LogP contribution in [-0.2, 0) is 32.8 Å². The molecule has 0 spiro atoms. The lowest BCUT2D eigenvalue weighted by Gasteiger charge is -2.38. The molecule has 42 heavy (non-hydrogen) atoms. The highest BCUT2D eigenvalue weighted by atomic mass is 32.2. The summed E-state index contributed by atoms with van der Waals surface area (Å²) in [5.74, 6) is -0.598. The number of aromatic nitrogens is 5. The van der Waals surface area contributed by atoms with E-state index in [1.165, 1.54) is 12.1 Å². The van der Waals surface area contributed by atoms with Crippen molar-refractivity contribution >= 4 is 46.2 Å². The van der Waals surface area contributed by atoms with Gasteiger partial charge in [0.25, 0.3) is 16.0 Å². The number of carbonyl (C=O) groups excluding carboxylic acids is 1. The molecule has 1 amide bonds. The van der Waals surface area contributed by atoms with Gasteiger partial charge in [0.15, 0.2) is 5.65 Å². The van der Waals surface area contributed by atoms with Gasteiger partial charge in [-0.05, 0) is 49.9 Å². The van der Waals surface area contributed by atoms with Gasteiger partial charge < -0.3 is 14.6 Å². The number of fused-ring (bicyclic) bond motifs is 2. The number of hydrogen-bond acceptors (Lipinski definition) is 8. The number of carbonyl (C=O) groups is 1. The van der Waals surface area contributed by atoms with Gasteiger partial charge in [-0.1, -0.05) is 19.6 Å². The molecule has 1 atom stereocenters. The quantitative estimate of drug-likeness (QED) is 0.150. The second kappa shape index (κ2) is 11.5. The van der Waals surface area contributed by atoms with Crippen molar-refractivity contribution in [1.82, 2.24) is 29.6 Å². The molecule has 0 saturated heterocycles. The van der Waals surface area contributed by atoms with E-state index in [-0.39, 0.29) is 36.5 Å². The minimum atomic E-state index is -3.52. The molecule has 5 rings (SSSR count). The molecule has 4 aromatic rings. The Morgan fingerprint density at radius 2 is 2.00 bits per heavy atom. The van der Waals surface area contributed by atoms with Crippen LogP contribution in [-0.4, -0.2) is 71.7 Å². The molecule has 14 heteroatoms. The summed E-state index contributed by atoms with van der Waals surface area (Å²) in [6.07, 6.45) is 5.06. The molecule has 226 valence electrons. The average molecular weight is 617 g/mol. The van der Waals surface area contributed by atoms with Crippen molar-refractivity contribution in [1.29, 1.82) is 0 Å². The maximum absolute atomic E-state index is 13.9. The van der Waals surface area contributed by atoms with Gasteiger partial charge in [0.2, 0.25) is 0 Å². The Labute approximate surface area is 245 Å². The van der Waals surface area contributed by atoms with Crippen LogP contribution in [0.1, 0.15) is 30.1 Å². The highest BCUT2D eigenvalue weighted by Crippen LogP contribution is 2.34. The number of nitrogens with one attached hydrogen (secondary N) is 1. The highest BCUT2D eigenvalue weighted by Gasteiger charge is 2.37. The molecule has 0 bridgehead atoms. The summed E-state index contributed by atoms with van der Waals surface area (Å²) < 4.78 is 51.1. The second-order valence-corrected chi connectivity index (χ2v) is 19.6.